The number of nitrogens with zero attached hydrogens (tertiary/aromatic N) is 3. The van der Waals surface area contributed by atoms with Gasteiger partial charge >= 0.3 is 0 Å². The molecule has 2 atom stereocenters. The summed E-state index contributed by atoms with van der Waals surface area (Å²) in [6.45, 7) is 11.4. The zero-order valence-electron chi connectivity index (χ0n) is 17.9. The predicted molar refractivity (Wildman–Crippen MR) is 125 cm³/mol. The Labute approximate surface area is 192 Å². The van der Waals surface area contributed by atoms with Crippen LogP contribution in [-0.2, 0) is 14.2 Å². The molecular formula is C21H39IN4O3. The number of guanidine groups is 1. The van der Waals surface area contributed by atoms with Gasteiger partial charge in [-0.15, -0.1) is 24.0 Å². The predicted octanol–water partition coefficient (Wildman–Crippen LogP) is 2.09. The van der Waals surface area contributed by atoms with Gasteiger partial charge in [0.15, 0.2) is 5.96 Å². The van der Waals surface area contributed by atoms with E-state index in [0.717, 1.165) is 84.2 Å². The summed E-state index contributed by atoms with van der Waals surface area (Å²) in [7, 11) is 0. The van der Waals surface area contributed by atoms with Crippen LogP contribution in [0.1, 0.15) is 45.4 Å². The number of rotatable bonds is 5. The van der Waals surface area contributed by atoms with Gasteiger partial charge in [0.2, 0.25) is 0 Å². The Kier molecular flexibility index (Phi) is 9.28. The molecule has 0 aromatic carbocycles. The third-order valence-electron chi connectivity index (χ3n) is 6.83. The highest BCUT2D eigenvalue weighted by Crippen LogP contribution is 2.32. The van der Waals surface area contributed by atoms with E-state index in [0.29, 0.717) is 0 Å². The first kappa shape index (κ1) is 23.5. The van der Waals surface area contributed by atoms with E-state index in [2.05, 4.69) is 22.0 Å². The molecule has 0 aliphatic carbocycles. The summed E-state index contributed by atoms with van der Waals surface area (Å²) in [5, 5.41) is 3.54. The van der Waals surface area contributed by atoms with Crippen LogP contribution in [0.4, 0.5) is 0 Å². The summed E-state index contributed by atoms with van der Waals surface area (Å²) in [6, 6.07) is 0. The summed E-state index contributed by atoms with van der Waals surface area (Å²) in [5.41, 5.74) is 0.176. The molecule has 4 heterocycles. The monoisotopic (exact) mass is 522 g/mol. The van der Waals surface area contributed by atoms with Crippen LogP contribution in [0.25, 0.3) is 0 Å². The molecule has 4 aliphatic heterocycles. The van der Waals surface area contributed by atoms with Crippen LogP contribution in [0.15, 0.2) is 4.99 Å². The summed E-state index contributed by atoms with van der Waals surface area (Å²) in [6.07, 6.45) is 7.50. The fourth-order valence-corrected chi connectivity index (χ4v) is 5.15. The number of hydrogen-bond donors (Lipinski definition) is 1. The van der Waals surface area contributed by atoms with Gasteiger partial charge in [-0.05, 0) is 58.5 Å². The van der Waals surface area contributed by atoms with E-state index < -0.39 is 0 Å². The van der Waals surface area contributed by atoms with Gasteiger partial charge in [-0.2, -0.15) is 0 Å². The number of morpholine rings is 1. The Morgan fingerprint density at radius 3 is 2.45 bits per heavy atom. The molecule has 4 rings (SSSR count). The quantitative estimate of drug-likeness (QED) is 0.339. The van der Waals surface area contributed by atoms with Crippen molar-refractivity contribution in [3.8, 4) is 0 Å². The van der Waals surface area contributed by atoms with Crippen LogP contribution in [0.5, 0.6) is 0 Å². The van der Waals surface area contributed by atoms with Crippen molar-refractivity contribution in [3.05, 3.63) is 0 Å². The minimum absolute atomic E-state index is 0. The topological polar surface area (TPSA) is 58.6 Å². The van der Waals surface area contributed by atoms with E-state index in [-0.39, 0.29) is 41.7 Å². The van der Waals surface area contributed by atoms with E-state index in [1.807, 2.05) is 0 Å². The highest BCUT2D eigenvalue weighted by atomic mass is 127. The van der Waals surface area contributed by atoms with Crippen molar-refractivity contribution in [2.75, 3.05) is 65.7 Å². The molecule has 0 spiro atoms. The Bertz CT molecular complexity index is 518. The maximum Gasteiger partial charge on any atom is 0.194 e. The largest absolute Gasteiger partial charge is 0.381 e. The lowest BCUT2D eigenvalue weighted by Gasteiger charge is -2.44. The van der Waals surface area contributed by atoms with Gasteiger partial charge in [-0.3, -0.25) is 9.89 Å². The molecule has 4 saturated heterocycles. The first-order chi connectivity index (χ1) is 13.8. The molecule has 8 heteroatoms. The SMILES string of the molecule is CCNC(=NCC1(N2CCCC2)CCOCC1)N1CCOC(C2CCCO2)C1.I. The molecule has 168 valence electrons. The Morgan fingerprint density at radius 2 is 1.76 bits per heavy atom. The van der Waals surface area contributed by atoms with Crippen molar-refractivity contribution in [1.29, 1.82) is 0 Å². The highest BCUT2D eigenvalue weighted by molar-refractivity contribution is 14.0. The molecule has 2 unspecified atom stereocenters. The zero-order valence-corrected chi connectivity index (χ0v) is 20.3. The lowest BCUT2D eigenvalue weighted by atomic mass is 9.88. The first-order valence-electron chi connectivity index (χ1n) is 11.4. The van der Waals surface area contributed by atoms with Gasteiger partial charge in [0, 0.05) is 45.0 Å². The standard InChI is InChI=1S/C21H38N4O3.HI/c1-2-22-20(24-11-15-28-19(16-24)18-6-5-12-27-18)23-17-21(7-13-26-14-8-21)25-9-3-4-10-25;/h18-19H,2-17H2,1H3,(H,22,23);1H. The number of likely N-dealkylation sites (tertiary alicyclic amines) is 1. The number of ether oxygens (including phenoxy) is 3. The van der Waals surface area contributed by atoms with E-state index in [1.165, 1.54) is 25.9 Å². The second-order valence-electron chi connectivity index (χ2n) is 8.61. The number of halogens is 1. The lowest BCUT2D eigenvalue weighted by molar-refractivity contribution is -0.0817. The third kappa shape index (κ3) is 5.75. The second-order valence-corrected chi connectivity index (χ2v) is 8.61. The summed E-state index contributed by atoms with van der Waals surface area (Å²) < 4.78 is 17.6. The molecule has 4 aliphatic rings. The Hall–Kier alpha value is -0.160. The molecule has 0 bridgehead atoms. The van der Waals surface area contributed by atoms with E-state index in [1.54, 1.807) is 0 Å². The minimum Gasteiger partial charge on any atom is -0.381 e. The number of aliphatic imine (C=N–C) groups is 1. The van der Waals surface area contributed by atoms with Gasteiger partial charge in [0.05, 0.1) is 19.3 Å². The van der Waals surface area contributed by atoms with Crippen molar-refractivity contribution >= 4 is 29.9 Å². The van der Waals surface area contributed by atoms with Crippen LogP contribution in [0.3, 0.4) is 0 Å². The zero-order chi connectivity index (χ0) is 19.2. The summed E-state index contributed by atoms with van der Waals surface area (Å²) in [4.78, 5) is 10.3. The van der Waals surface area contributed by atoms with Crippen molar-refractivity contribution in [1.82, 2.24) is 15.1 Å². The molecule has 7 nitrogen and oxygen atoms in total. The normalized spacial score (nSPS) is 30.9. The number of nitrogens with one attached hydrogen (secondary N) is 1. The van der Waals surface area contributed by atoms with Crippen molar-refractivity contribution in [2.24, 2.45) is 4.99 Å². The van der Waals surface area contributed by atoms with Gasteiger partial charge in [0.1, 0.15) is 6.10 Å². The highest BCUT2D eigenvalue weighted by Gasteiger charge is 2.40. The van der Waals surface area contributed by atoms with Crippen molar-refractivity contribution in [2.45, 2.75) is 63.2 Å². The molecule has 29 heavy (non-hydrogen) atoms. The smallest absolute Gasteiger partial charge is 0.194 e. The van der Waals surface area contributed by atoms with Crippen molar-refractivity contribution in [3.63, 3.8) is 0 Å². The van der Waals surface area contributed by atoms with E-state index >= 15 is 0 Å². The second kappa shape index (κ2) is 11.5. The average Bonchev–Trinajstić information content (AvgIpc) is 3.46. The van der Waals surface area contributed by atoms with Crippen LogP contribution in [-0.4, -0.2) is 99.2 Å². The Balaban J connectivity index is 0.00000240. The number of hydrogen-bond acceptors (Lipinski definition) is 5. The summed E-state index contributed by atoms with van der Waals surface area (Å²) >= 11 is 0. The van der Waals surface area contributed by atoms with Gasteiger partial charge in [-0.1, -0.05) is 0 Å². The molecular weight excluding hydrogens is 483 g/mol. The summed E-state index contributed by atoms with van der Waals surface area (Å²) in [5.74, 6) is 1.04. The molecule has 0 amide bonds. The fourth-order valence-electron chi connectivity index (χ4n) is 5.15. The first-order valence-corrected chi connectivity index (χ1v) is 11.4. The molecule has 0 aromatic heterocycles. The van der Waals surface area contributed by atoms with E-state index in [9.17, 15) is 0 Å². The maximum absolute atomic E-state index is 6.04. The van der Waals surface area contributed by atoms with Crippen LogP contribution >= 0.6 is 24.0 Å². The molecule has 1 N–H and O–H groups in total. The molecule has 0 aromatic rings. The van der Waals surface area contributed by atoms with Gasteiger partial charge in [0.25, 0.3) is 0 Å². The maximum atomic E-state index is 6.04. The van der Waals surface area contributed by atoms with E-state index in [4.69, 9.17) is 19.2 Å². The molecule has 0 radical (unpaired) electrons. The van der Waals surface area contributed by atoms with Crippen LogP contribution < -0.4 is 5.32 Å². The molecule has 0 saturated carbocycles. The fraction of sp³-hybridized carbons (Fsp3) is 0.952. The van der Waals surface area contributed by atoms with Crippen molar-refractivity contribution < 1.29 is 14.2 Å². The Morgan fingerprint density at radius 1 is 1.00 bits per heavy atom. The third-order valence-corrected chi connectivity index (χ3v) is 6.83. The molecule has 4 fully saturated rings. The van der Waals surface area contributed by atoms with Crippen LogP contribution in [0.2, 0.25) is 0 Å². The lowest BCUT2D eigenvalue weighted by Crippen LogP contribution is -2.56. The van der Waals surface area contributed by atoms with Gasteiger partial charge in [-0.25, -0.2) is 0 Å². The minimum atomic E-state index is 0. The van der Waals surface area contributed by atoms with Crippen LogP contribution in [0, 0.1) is 0 Å². The van der Waals surface area contributed by atoms with Gasteiger partial charge < -0.3 is 24.4 Å². The average molecular weight is 522 g/mol.